The Bertz CT molecular complexity index is 640. The third kappa shape index (κ3) is 3.38. The predicted molar refractivity (Wildman–Crippen MR) is 87.1 cm³/mol. The van der Waals surface area contributed by atoms with Crippen molar-refractivity contribution in [1.82, 2.24) is 0 Å². The second-order valence-corrected chi connectivity index (χ2v) is 8.55. The summed E-state index contributed by atoms with van der Waals surface area (Å²) < 4.78 is 36.0. The number of fused-ring (bicyclic) bond motifs is 1. The third-order valence-electron chi connectivity index (χ3n) is 4.02. The summed E-state index contributed by atoms with van der Waals surface area (Å²) >= 11 is 0. The van der Waals surface area contributed by atoms with Gasteiger partial charge in [-0.15, -0.1) is 0 Å². The molecule has 1 heterocycles. The monoisotopic (exact) mass is 327 g/mol. The number of hydrogen-bond donors (Lipinski definition) is 1. The van der Waals surface area contributed by atoms with Crippen LogP contribution in [0.1, 0.15) is 44.4 Å². The van der Waals surface area contributed by atoms with Crippen LogP contribution in [-0.2, 0) is 9.84 Å². The lowest BCUT2D eigenvalue weighted by atomic mass is 9.89. The lowest BCUT2D eigenvalue weighted by Crippen LogP contribution is -2.55. The van der Waals surface area contributed by atoms with Crippen LogP contribution >= 0.6 is 0 Å². The third-order valence-corrected chi connectivity index (χ3v) is 5.49. The number of hydrogen-bond acceptors (Lipinski definition) is 5. The van der Waals surface area contributed by atoms with Crippen molar-refractivity contribution in [3.63, 3.8) is 0 Å². The van der Waals surface area contributed by atoms with Crippen LogP contribution in [0.3, 0.4) is 0 Å². The number of unbranched alkanes of at least 4 members (excludes halogenated alkanes) is 1. The molecule has 0 radical (unpaired) electrons. The zero-order valence-electron chi connectivity index (χ0n) is 13.6. The van der Waals surface area contributed by atoms with Crippen molar-refractivity contribution in [2.45, 2.75) is 50.5 Å². The van der Waals surface area contributed by atoms with Crippen LogP contribution < -0.4 is 15.2 Å². The Labute approximate surface area is 132 Å². The summed E-state index contributed by atoms with van der Waals surface area (Å²) in [6.07, 6.45) is 3.21. The molecular weight excluding hydrogens is 302 g/mol. The Balaban J connectivity index is 2.43. The van der Waals surface area contributed by atoms with E-state index in [4.69, 9.17) is 15.2 Å². The number of sulfone groups is 1. The Hall–Kier alpha value is -1.27. The van der Waals surface area contributed by atoms with E-state index in [1.807, 2.05) is 13.8 Å². The minimum atomic E-state index is -3.36. The van der Waals surface area contributed by atoms with Crippen LogP contribution in [-0.4, -0.2) is 32.9 Å². The minimum absolute atomic E-state index is 0.560. The van der Waals surface area contributed by atoms with Gasteiger partial charge in [0.05, 0.1) is 12.6 Å². The second-order valence-electron chi connectivity index (χ2n) is 6.38. The molecule has 1 aliphatic heterocycles. The van der Waals surface area contributed by atoms with Gasteiger partial charge in [0.25, 0.3) is 0 Å². The van der Waals surface area contributed by atoms with Gasteiger partial charge in [0.1, 0.15) is 22.4 Å². The van der Waals surface area contributed by atoms with Gasteiger partial charge in [0.15, 0.2) is 9.84 Å². The molecule has 1 aromatic carbocycles. The van der Waals surface area contributed by atoms with Gasteiger partial charge < -0.3 is 15.2 Å². The van der Waals surface area contributed by atoms with E-state index < -0.39 is 26.7 Å². The molecule has 0 saturated carbocycles. The van der Waals surface area contributed by atoms with Crippen molar-refractivity contribution in [3.05, 3.63) is 23.8 Å². The van der Waals surface area contributed by atoms with E-state index in [2.05, 4.69) is 6.92 Å². The number of benzene rings is 1. The maximum atomic E-state index is 12.2. The fourth-order valence-corrected chi connectivity index (χ4v) is 4.18. The molecule has 6 heteroatoms. The standard InChI is InChI=1S/C16H25NO4S/c1-5-6-9-20-11-7-8-13-12(10-11)14(22(4,18)19)15(17)16(2,3)21-13/h7-8,10,14-15H,5-6,9,17H2,1-4H3. The Morgan fingerprint density at radius 1 is 1.36 bits per heavy atom. The van der Waals surface area contributed by atoms with Gasteiger partial charge in [0, 0.05) is 11.8 Å². The van der Waals surface area contributed by atoms with Crippen molar-refractivity contribution in [3.8, 4) is 11.5 Å². The van der Waals surface area contributed by atoms with E-state index >= 15 is 0 Å². The Kier molecular flexibility index (Phi) is 4.73. The highest BCUT2D eigenvalue weighted by atomic mass is 32.2. The molecule has 0 aliphatic carbocycles. The average molecular weight is 327 g/mol. The molecule has 124 valence electrons. The fraction of sp³-hybridized carbons (Fsp3) is 0.625. The van der Waals surface area contributed by atoms with E-state index in [1.165, 1.54) is 6.26 Å². The summed E-state index contributed by atoms with van der Waals surface area (Å²) in [6, 6.07) is 4.68. The van der Waals surface area contributed by atoms with Gasteiger partial charge in [-0.1, -0.05) is 13.3 Å². The largest absolute Gasteiger partial charge is 0.494 e. The lowest BCUT2D eigenvalue weighted by Gasteiger charge is -2.42. The molecule has 1 aromatic rings. The van der Waals surface area contributed by atoms with E-state index in [0.29, 0.717) is 23.7 Å². The zero-order valence-corrected chi connectivity index (χ0v) is 14.4. The topological polar surface area (TPSA) is 78.6 Å². The normalized spacial score (nSPS) is 23.5. The summed E-state index contributed by atoms with van der Waals surface area (Å²) in [6.45, 7) is 6.32. The molecule has 2 unspecified atom stereocenters. The first-order valence-electron chi connectivity index (χ1n) is 7.57. The number of ether oxygens (including phenoxy) is 2. The maximum Gasteiger partial charge on any atom is 0.156 e. The number of nitrogens with two attached hydrogens (primary N) is 1. The van der Waals surface area contributed by atoms with E-state index in [-0.39, 0.29) is 0 Å². The maximum absolute atomic E-state index is 12.2. The van der Waals surface area contributed by atoms with Crippen LogP contribution in [0, 0.1) is 0 Å². The minimum Gasteiger partial charge on any atom is -0.494 e. The molecule has 0 spiro atoms. The first-order chi connectivity index (χ1) is 10.2. The second kappa shape index (κ2) is 6.08. The number of rotatable bonds is 5. The van der Waals surface area contributed by atoms with Gasteiger partial charge in [-0.3, -0.25) is 0 Å². The first kappa shape index (κ1) is 17.1. The van der Waals surface area contributed by atoms with Crippen LogP contribution in [0.25, 0.3) is 0 Å². The molecule has 0 aromatic heterocycles. The molecule has 0 fully saturated rings. The van der Waals surface area contributed by atoms with Crippen molar-refractivity contribution in [2.75, 3.05) is 12.9 Å². The molecule has 0 saturated heterocycles. The van der Waals surface area contributed by atoms with Gasteiger partial charge in [0.2, 0.25) is 0 Å². The van der Waals surface area contributed by atoms with Crippen LogP contribution in [0.2, 0.25) is 0 Å². The molecule has 0 amide bonds. The predicted octanol–water partition coefficient (Wildman–Crippen LogP) is 2.45. The Morgan fingerprint density at radius 2 is 2.05 bits per heavy atom. The van der Waals surface area contributed by atoms with Crippen molar-refractivity contribution in [2.24, 2.45) is 5.73 Å². The van der Waals surface area contributed by atoms with E-state index in [0.717, 1.165) is 12.8 Å². The molecule has 0 bridgehead atoms. The van der Waals surface area contributed by atoms with E-state index in [1.54, 1.807) is 18.2 Å². The summed E-state index contributed by atoms with van der Waals surface area (Å²) in [4.78, 5) is 0. The van der Waals surface area contributed by atoms with E-state index in [9.17, 15) is 8.42 Å². The average Bonchev–Trinajstić information content (AvgIpc) is 2.39. The molecular formula is C16H25NO4S. The van der Waals surface area contributed by atoms with Crippen molar-refractivity contribution < 1.29 is 17.9 Å². The molecule has 2 rings (SSSR count). The van der Waals surface area contributed by atoms with Gasteiger partial charge >= 0.3 is 0 Å². The quantitative estimate of drug-likeness (QED) is 0.840. The highest BCUT2D eigenvalue weighted by Gasteiger charge is 2.46. The van der Waals surface area contributed by atoms with Crippen LogP contribution in [0.5, 0.6) is 11.5 Å². The SMILES string of the molecule is CCCCOc1ccc2c(c1)C(S(C)(=O)=O)C(N)C(C)(C)O2. The summed E-state index contributed by atoms with van der Waals surface area (Å²) in [5.74, 6) is 1.21. The molecule has 22 heavy (non-hydrogen) atoms. The molecule has 2 N–H and O–H groups in total. The first-order valence-corrected chi connectivity index (χ1v) is 9.52. The van der Waals surface area contributed by atoms with Crippen molar-refractivity contribution in [1.29, 1.82) is 0 Å². The van der Waals surface area contributed by atoms with Crippen molar-refractivity contribution >= 4 is 9.84 Å². The summed E-state index contributed by atoms with van der Waals surface area (Å²) in [7, 11) is -3.36. The van der Waals surface area contributed by atoms with Crippen LogP contribution in [0.4, 0.5) is 0 Å². The fourth-order valence-electron chi connectivity index (χ4n) is 2.67. The summed E-state index contributed by atoms with van der Waals surface area (Å²) in [5, 5.41) is -0.791. The molecule has 1 aliphatic rings. The molecule has 2 atom stereocenters. The van der Waals surface area contributed by atoms with Gasteiger partial charge in [-0.25, -0.2) is 8.42 Å². The smallest absolute Gasteiger partial charge is 0.156 e. The molecule has 5 nitrogen and oxygen atoms in total. The van der Waals surface area contributed by atoms with Gasteiger partial charge in [-0.2, -0.15) is 0 Å². The highest BCUT2D eigenvalue weighted by molar-refractivity contribution is 7.91. The van der Waals surface area contributed by atoms with Gasteiger partial charge in [-0.05, 0) is 38.5 Å². The summed E-state index contributed by atoms with van der Waals surface area (Å²) in [5.41, 5.74) is 6.03. The lowest BCUT2D eigenvalue weighted by molar-refractivity contribution is 0.0610. The Morgan fingerprint density at radius 3 is 2.64 bits per heavy atom. The highest BCUT2D eigenvalue weighted by Crippen LogP contribution is 2.44. The van der Waals surface area contributed by atoms with Crippen LogP contribution in [0.15, 0.2) is 18.2 Å². The zero-order chi connectivity index (χ0) is 16.5.